The summed E-state index contributed by atoms with van der Waals surface area (Å²) in [6.45, 7) is 3.59. The third-order valence-electron chi connectivity index (χ3n) is 5.84. The van der Waals surface area contributed by atoms with Crippen molar-refractivity contribution >= 4 is 23.3 Å². The van der Waals surface area contributed by atoms with E-state index in [4.69, 9.17) is 11.6 Å². The Kier molecular flexibility index (Phi) is 6.26. The Morgan fingerprint density at radius 1 is 1.17 bits per heavy atom. The summed E-state index contributed by atoms with van der Waals surface area (Å²) < 4.78 is 40.0. The van der Waals surface area contributed by atoms with Crippen molar-refractivity contribution in [2.75, 3.05) is 13.1 Å². The number of hydrogen-bond acceptors (Lipinski definition) is 3. The summed E-state index contributed by atoms with van der Waals surface area (Å²) in [7, 11) is 0. The van der Waals surface area contributed by atoms with Gasteiger partial charge in [0.05, 0.1) is 16.1 Å². The minimum Gasteiger partial charge on any atom is -0.341 e. The molecule has 1 aliphatic rings. The van der Waals surface area contributed by atoms with Crippen molar-refractivity contribution in [2.24, 2.45) is 0 Å². The van der Waals surface area contributed by atoms with Crippen LogP contribution in [0.4, 0.5) is 13.2 Å². The van der Waals surface area contributed by atoms with Crippen LogP contribution in [0, 0.1) is 6.92 Å². The highest BCUT2D eigenvalue weighted by Crippen LogP contribution is 2.38. The molecule has 3 rings (SSSR count). The predicted molar refractivity (Wildman–Crippen MR) is 106 cm³/mol. The summed E-state index contributed by atoms with van der Waals surface area (Å²) in [5.41, 5.74) is -0.798. The fraction of sp³-hybridized carbons (Fsp3) is 0.476. The number of hydrogen-bond donors (Lipinski definition) is 0. The molecule has 162 valence electrons. The molecule has 9 heteroatoms. The fourth-order valence-electron chi connectivity index (χ4n) is 4.05. The molecule has 0 atom stereocenters. The normalized spacial score (nSPS) is 16.5. The van der Waals surface area contributed by atoms with E-state index in [-0.39, 0.29) is 23.9 Å². The highest BCUT2D eigenvalue weighted by molar-refractivity contribution is 6.32. The highest BCUT2D eigenvalue weighted by Gasteiger charge is 2.43. The lowest BCUT2D eigenvalue weighted by Crippen LogP contribution is -2.49. The lowest BCUT2D eigenvalue weighted by molar-refractivity contribution is -0.142. The number of Topliss-reactive ketones (excluding diaryl/α,β-unsaturated/α-hetero) is 1. The van der Waals surface area contributed by atoms with Gasteiger partial charge in [0.2, 0.25) is 5.91 Å². The standard InChI is InChI=1S/C21H23ClF3N3O2/c1-3-16(29)20(15-7-5-4-6-8-15)9-11-27(12-10-20)17(30)13-28-14(2)18(22)19(26-28)21(23,24)25/h4-8H,3,9-13H2,1-2H3. The molecular formula is C21H23ClF3N3O2. The van der Waals surface area contributed by atoms with Crippen molar-refractivity contribution in [3.63, 3.8) is 0 Å². The highest BCUT2D eigenvalue weighted by atomic mass is 35.5. The second-order valence-electron chi connectivity index (χ2n) is 7.51. The molecule has 0 bridgehead atoms. The molecular weight excluding hydrogens is 419 g/mol. The van der Waals surface area contributed by atoms with Crippen LogP contribution in [0.1, 0.15) is 43.1 Å². The predicted octanol–water partition coefficient (Wildman–Crippen LogP) is 4.40. The molecule has 0 N–H and O–H groups in total. The van der Waals surface area contributed by atoms with E-state index in [0.29, 0.717) is 32.4 Å². The quantitative estimate of drug-likeness (QED) is 0.691. The monoisotopic (exact) mass is 441 g/mol. The summed E-state index contributed by atoms with van der Waals surface area (Å²) in [6.07, 6.45) is -3.34. The van der Waals surface area contributed by atoms with Gasteiger partial charge in [0.25, 0.3) is 0 Å². The first-order chi connectivity index (χ1) is 14.1. The number of benzene rings is 1. The van der Waals surface area contributed by atoms with Crippen LogP contribution in [0.2, 0.25) is 5.02 Å². The van der Waals surface area contributed by atoms with Gasteiger partial charge < -0.3 is 4.90 Å². The second kappa shape index (κ2) is 8.41. The Morgan fingerprint density at radius 3 is 2.27 bits per heavy atom. The minimum absolute atomic E-state index is 0.0918. The Balaban J connectivity index is 1.75. The van der Waals surface area contributed by atoms with Gasteiger partial charge in [-0.3, -0.25) is 14.3 Å². The number of nitrogens with zero attached hydrogens (tertiary/aromatic N) is 3. The van der Waals surface area contributed by atoms with Crippen molar-refractivity contribution in [1.82, 2.24) is 14.7 Å². The number of carbonyl (C=O) groups excluding carboxylic acids is 2. The van der Waals surface area contributed by atoms with Crippen LogP contribution in [0.15, 0.2) is 30.3 Å². The first kappa shape index (κ1) is 22.3. The first-order valence-electron chi connectivity index (χ1n) is 9.77. The Morgan fingerprint density at radius 2 is 1.77 bits per heavy atom. The molecule has 1 saturated heterocycles. The number of rotatable bonds is 5. The fourth-order valence-corrected chi connectivity index (χ4v) is 4.29. The van der Waals surface area contributed by atoms with Gasteiger partial charge in [0.15, 0.2) is 5.69 Å². The lowest BCUT2D eigenvalue weighted by Gasteiger charge is -2.41. The van der Waals surface area contributed by atoms with Crippen molar-refractivity contribution in [3.05, 3.63) is 52.3 Å². The summed E-state index contributed by atoms with van der Waals surface area (Å²) in [4.78, 5) is 27.1. The molecule has 1 amide bonds. The van der Waals surface area contributed by atoms with Gasteiger partial charge in [-0.1, -0.05) is 48.9 Å². The summed E-state index contributed by atoms with van der Waals surface area (Å²) in [5, 5.41) is 3.00. The summed E-state index contributed by atoms with van der Waals surface area (Å²) in [6, 6.07) is 9.52. The maximum absolute atomic E-state index is 13.0. The van der Waals surface area contributed by atoms with Gasteiger partial charge in [-0.2, -0.15) is 18.3 Å². The number of carbonyl (C=O) groups is 2. The van der Waals surface area contributed by atoms with Crippen LogP contribution < -0.4 is 0 Å². The number of likely N-dealkylation sites (tertiary alicyclic amines) is 1. The summed E-state index contributed by atoms with van der Waals surface area (Å²) >= 11 is 5.76. The largest absolute Gasteiger partial charge is 0.436 e. The maximum atomic E-state index is 13.0. The number of ketones is 1. The van der Waals surface area contributed by atoms with Crippen molar-refractivity contribution in [3.8, 4) is 0 Å². The average molecular weight is 442 g/mol. The van der Waals surface area contributed by atoms with E-state index in [0.717, 1.165) is 10.2 Å². The van der Waals surface area contributed by atoms with Crippen molar-refractivity contribution in [2.45, 2.75) is 51.2 Å². The molecule has 30 heavy (non-hydrogen) atoms. The third-order valence-corrected chi connectivity index (χ3v) is 6.29. The molecule has 1 fully saturated rings. The zero-order chi connectivity index (χ0) is 22.1. The molecule has 1 aliphatic heterocycles. The zero-order valence-electron chi connectivity index (χ0n) is 16.8. The van der Waals surface area contributed by atoms with Gasteiger partial charge >= 0.3 is 6.18 Å². The topological polar surface area (TPSA) is 55.2 Å². The Hall–Kier alpha value is -2.35. The summed E-state index contributed by atoms with van der Waals surface area (Å²) in [5.74, 6) is -0.220. The van der Waals surface area contributed by atoms with Gasteiger partial charge in [-0.15, -0.1) is 0 Å². The average Bonchev–Trinajstić information content (AvgIpc) is 3.02. The molecule has 0 radical (unpaired) electrons. The van der Waals surface area contributed by atoms with Crippen LogP contribution in [-0.4, -0.2) is 39.5 Å². The smallest absolute Gasteiger partial charge is 0.341 e. The van der Waals surface area contributed by atoms with Crippen molar-refractivity contribution in [1.29, 1.82) is 0 Å². The van der Waals surface area contributed by atoms with Gasteiger partial charge in [0.1, 0.15) is 12.3 Å². The molecule has 0 spiro atoms. The second-order valence-corrected chi connectivity index (χ2v) is 7.89. The molecule has 1 aromatic carbocycles. The van der Waals surface area contributed by atoms with E-state index in [1.54, 1.807) is 4.90 Å². The van der Waals surface area contributed by atoms with E-state index in [9.17, 15) is 22.8 Å². The van der Waals surface area contributed by atoms with Crippen LogP contribution in [0.3, 0.4) is 0 Å². The molecule has 5 nitrogen and oxygen atoms in total. The molecule has 1 aromatic heterocycles. The van der Waals surface area contributed by atoms with Crippen LogP contribution in [-0.2, 0) is 27.7 Å². The van der Waals surface area contributed by atoms with Crippen molar-refractivity contribution < 1.29 is 22.8 Å². The van der Waals surface area contributed by atoms with E-state index in [1.165, 1.54) is 6.92 Å². The van der Waals surface area contributed by atoms with E-state index >= 15 is 0 Å². The number of aromatic nitrogens is 2. The number of piperidine rings is 1. The van der Waals surface area contributed by atoms with E-state index in [1.807, 2.05) is 37.3 Å². The lowest BCUT2D eigenvalue weighted by atomic mass is 9.69. The Bertz CT molecular complexity index is 933. The van der Waals surface area contributed by atoms with E-state index in [2.05, 4.69) is 5.10 Å². The van der Waals surface area contributed by atoms with Crippen LogP contribution in [0.5, 0.6) is 0 Å². The van der Waals surface area contributed by atoms with Crippen LogP contribution >= 0.6 is 11.6 Å². The van der Waals surface area contributed by atoms with Gasteiger partial charge in [-0.25, -0.2) is 0 Å². The Labute approximate surface area is 177 Å². The van der Waals surface area contributed by atoms with Gasteiger partial charge in [-0.05, 0) is 25.3 Å². The zero-order valence-corrected chi connectivity index (χ0v) is 17.6. The minimum atomic E-state index is -4.68. The first-order valence-corrected chi connectivity index (χ1v) is 10.1. The van der Waals surface area contributed by atoms with E-state index < -0.39 is 22.3 Å². The maximum Gasteiger partial charge on any atom is 0.436 e. The number of amides is 1. The van der Waals surface area contributed by atoms with Gasteiger partial charge in [0, 0.05) is 19.5 Å². The van der Waals surface area contributed by atoms with Crippen LogP contribution in [0.25, 0.3) is 0 Å². The SMILES string of the molecule is CCC(=O)C1(c2ccccc2)CCN(C(=O)Cn2nc(C(F)(F)F)c(Cl)c2C)CC1. The number of alkyl halides is 3. The molecule has 0 saturated carbocycles. The molecule has 0 aliphatic carbocycles. The molecule has 2 heterocycles. The number of halogens is 4. The third kappa shape index (κ3) is 4.10. The molecule has 2 aromatic rings. The molecule has 0 unspecified atom stereocenters.